The fourth-order valence-electron chi connectivity index (χ4n) is 1.98. The summed E-state index contributed by atoms with van der Waals surface area (Å²) in [7, 11) is 0. The number of aromatic nitrogens is 1. The fourth-order valence-corrected chi connectivity index (χ4v) is 3.17. The Labute approximate surface area is 133 Å². The van der Waals surface area contributed by atoms with Crippen molar-refractivity contribution in [2.75, 3.05) is 6.54 Å². The minimum absolute atomic E-state index is 0.521. The second-order valence-electron chi connectivity index (χ2n) is 4.10. The first-order chi connectivity index (χ1) is 10.1. The van der Waals surface area contributed by atoms with Gasteiger partial charge in [-0.3, -0.25) is 5.41 Å². The van der Waals surface area contributed by atoms with Crippen LogP contribution in [-0.2, 0) is 6.54 Å². The van der Waals surface area contributed by atoms with E-state index in [9.17, 15) is 5.26 Å². The third-order valence-corrected chi connectivity index (χ3v) is 4.06. The van der Waals surface area contributed by atoms with Crippen molar-refractivity contribution in [1.82, 2.24) is 4.57 Å². The van der Waals surface area contributed by atoms with E-state index >= 15 is 0 Å². The highest BCUT2D eigenvalue weighted by atomic mass is 32.1. The van der Waals surface area contributed by atoms with Crippen molar-refractivity contribution in [2.45, 2.75) is 13.5 Å². The summed E-state index contributed by atoms with van der Waals surface area (Å²) in [5.74, 6) is 0. The van der Waals surface area contributed by atoms with Gasteiger partial charge in [-0.25, -0.2) is 0 Å². The summed E-state index contributed by atoms with van der Waals surface area (Å²) >= 11 is 6.65. The molecule has 0 unspecified atom stereocenters. The molecule has 0 aromatic carbocycles. The maximum atomic E-state index is 9.27. The molecule has 0 fully saturated rings. The summed E-state index contributed by atoms with van der Waals surface area (Å²) in [5.41, 5.74) is 13.7. The largest absolute Gasteiger partial charge is 0.390 e. The van der Waals surface area contributed by atoms with Crippen LogP contribution in [0, 0.1) is 23.7 Å². The van der Waals surface area contributed by atoms with E-state index in [-0.39, 0.29) is 0 Å². The molecule has 2 aromatic rings. The second-order valence-corrected chi connectivity index (χ2v) is 5.25. The number of rotatable bonds is 4. The smallest absolute Gasteiger partial charge is 0.101 e. The molecule has 0 saturated heterocycles. The Balaban J connectivity index is 0.000000677. The Morgan fingerprint density at radius 1 is 1.57 bits per heavy atom. The minimum atomic E-state index is 0.521. The highest BCUT2D eigenvalue weighted by Gasteiger charge is 2.17. The summed E-state index contributed by atoms with van der Waals surface area (Å²) in [4.78, 5) is 1.11. The van der Waals surface area contributed by atoms with Crippen LogP contribution in [0.25, 0.3) is 10.6 Å². The molecule has 7 heteroatoms. The minimum Gasteiger partial charge on any atom is -0.390 e. The van der Waals surface area contributed by atoms with E-state index in [4.69, 9.17) is 23.4 Å². The zero-order valence-corrected chi connectivity index (χ0v) is 13.3. The molecule has 0 aliphatic rings. The van der Waals surface area contributed by atoms with Crippen molar-refractivity contribution >= 4 is 35.3 Å². The van der Waals surface area contributed by atoms with Gasteiger partial charge in [-0.1, -0.05) is 12.2 Å². The van der Waals surface area contributed by atoms with E-state index in [1.54, 1.807) is 16.7 Å². The summed E-state index contributed by atoms with van der Waals surface area (Å²) in [6, 6.07) is 6.13. The zero-order valence-electron chi connectivity index (χ0n) is 11.7. The fraction of sp³-hybridized carbons (Fsp3) is 0.214. The molecule has 0 spiro atoms. The maximum Gasteiger partial charge on any atom is 0.101 e. The number of nitrogens with zero attached hydrogens (tertiary/aromatic N) is 2. The number of nitrogens with one attached hydrogen (secondary N) is 1. The lowest BCUT2D eigenvalue weighted by molar-refractivity contribution is 0.717. The van der Waals surface area contributed by atoms with Gasteiger partial charge in [-0.05, 0) is 30.0 Å². The molecule has 21 heavy (non-hydrogen) atoms. The van der Waals surface area contributed by atoms with Crippen LogP contribution in [0.15, 0.2) is 17.5 Å². The Kier molecular flexibility index (Phi) is 6.75. The molecule has 0 aliphatic carbocycles. The highest BCUT2D eigenvalue weighted by molar-refractivity contribution is 7.79. The van der Waals surface area contributed by atoms with Gasteiger partial charge < -0.3 is 16.0 Å². The van der Waals surface area contributed by atoms with Crippen molar-refractivity contribution in [1.29, 1.82) is 10.7 Å². The first-order valence-electron chi connectivity index (χ1n) is 6.18. The number of hydrogen-bond donors (Lipinski definition) is 3. The molecule has 5 nitrogen and oxygen atoms in total. The van der Waals surface area contributed by atoms with Crippen molar-refractivity contribution in [3.05, 3.63) is 34.3 Å². The second kappa shape index (κ2) is 8.32. The number of thiophene rings is 1. The van der Waals surface area contributed by atoms with Gasteiger partial charge in [-0.2, -0.15) is 5.26 Å². The Morgan fingerprint density at radius 3 is 2.67 bits per heavy atom. The lowest BCUT2D eigenvalue weighted by Crippen LogP contribution is -2.13. The summed E-state index contributed by atoms with van der Waals surface area (Å²) in [6.07, 6.45) is 0.750. The van der Waals surface area contributed by atoms with E-state index in [2.05, 4.69) is 17.9 Å². The van der Waals surface area contributed by atoms with Crippen LogP contribution in [0.1, 0.15) is 16.8 Å². The number of nitriles is 1. The van der Waals surface area contributed by atoms with E-state index in [1.165, 1.54) is 5.56 Å². The normalized spacial score (nSPS) is 9.38. The van der Waals surface area contributed by atoms with E-state index in [1.807, 2.05) is 22.9 Å². The molecule has 2 aromatic heterocycles. The number of thiocarbonyl (C=S) groups is 1. The predicted octanol–water partition coefficient (Wildman–Crippen LogP) is 2.26. The van der Waals surface area contributed by atoms with Gasteiger partial charge in [-0.15, -0.1) is 11.3 Å². The first-order valence-corrected chi connectivity index (χ1v) is 7.53. The van der Waals surface area contributed by atoms with Crippen LogP contribution in [0.4, 0.5) is 0 Å². The lowest BCUT2D eigenvalue weighted by atomic mass is 10.2. The van der Waals surface area contributed by atoms with Crippen LogP contribution >= 0.6 is 23.6 Å². The molecule has 0 radical (unpaired) electrons. The van der Waals surface area contributed by atoms with Gasteiger partial charge in [0, 0.05) is 18.5 Å². The van der Waals surface area contributed by atoms with Crippen LogP contribution in [0.2, 0.25) is 0 Å². The van der Waals surface area contributed by atoms with Crippen molar-refractivity contribution in [2.24, 2.45) is 11.5 Å². The maximum absolute atomic E-state index is 9.27. The van der Waals surface area contributed by atoms with Gasteiger partial charge in [0.05, 0.1) is 28.2 Å². The number of aryl methyl sites for hydroxylation is 1. The lowest BCUT2D eigenvalue weighted by Gasteiger charge is -2.10. The summed E-state index contributed by atoms with van der Waals surface area (Å²) < 4.78 is 2.03. The number of hydrogen-bond acceptors (Lipinski definition) is 5. The standard InChI is InChI=1S/C13H13N3S2.CH4N2/c1-9-2-5-18-13(9)12-10(7-15)6-11(8-17)16(12)4-3-14;2-1-3/h2,5-6,8H,3-4,14H2,1H3;1H,(H3,2,3). The van der Waals surface area contributed by atoms with Crippen molar-refractivity contribution in [3.8, 4) is 16.6 Å². The van der Waals surface area contributed by atoms with E-state index in [0.29, 0.717) is 18.7 Å². The predicted molar refractivity (Wildman–Crippen MR) is 92.0 cm³/mol. The van der Waals surface area contributed by atoms with E-state index in [0.717, 1.165) is 22.6 Å². The molecule has 0 aliphatic heterocycles. The van der Waals surface area contributed by atoms with Gasteiger partial charge >= 0.3 is 0 Å². The summed E-state index contributed by atoms with van der Waals surface area (Å²) in [6.45, 7) is 3.23. The molecule has 5 N–H and O–H groups in total. The summed E-state index contributed by atoms with van der Waals surface area (Å²) in [5, 5.41) is 18.8. The van der Waals surface area contributed by atoms with Crippen LogP contribution < -0.4 is 11.5 Å². The SMILES string of the molecule is Cc1ccsc1-c1c(C#N)cc(C=S)n1CCN.N=CN. The van der Waals surface area contributed by atoms with Gasteiger partial charge in [0.2, 0.25) is 0 Å². The Morgan fingerprint density at radius 2 is 2.24 bits per heavy atom. The molecular weight excluding hydrogens is 302 g/mol. The quantitative estimate of drug-likeness (QED) is 0.456. The Bertz CT molecular complexity index is 663. The molecule has 2 heterocycles. The van der Waals surface area contributed by atoms with Crippen molar-refractivity contribution in [3.63, 3.8) is 0 Å². The van der Waals surface area contributed by atoms with Crippen LogP contribution in [-0.4, -0.2) is 22.8 Å². The third-order valence-electron chi connectivity index (χ3n) is 2.80. The van der Waals surface area contributed by atoms with Gasteiger partial charge in [0.25, 0.3) is 0 Å². The Hall–Kier alpha value is -2.01. The van der Waals surface area contributed by atoms with Crippen molar-refractivity contribution < 1.29 is 0 Å². The molecule has 0 bridgehead atoms. The molecule has 110 valence electrons. The molecule has 0 saturated carbocycles. The monoisotopic (exact) mass is 319 g/mol. The van der Waals surface area contributed by atoms with Crippen LogP contribution in [0.3, 0.4) is 0 Å². The molecule has 2 rings (SSSR count). The molecule has 0 atom stereocenters. The zero-order chi connectivity index (χ0) is 15.8. The number of nitrogens with two attached hydrogens (primary N) is 2. The molecule has 0 amide bonds. The van der Waals surface area contributed by atoms with Gasteiger partial charge in [0.15, 0.2) is 0 Å². The van der Waals surface area contributed by atoms with Gasteiger partial charge in [0.1, 0.15) is 6.07 Å². The average molecular weight is 319 g/mol. The van der Waals surface area contributed by atoms with Crippen LogP contribution in [0.5, 0.6) is 0 Å². The molecular formula is C14H17N5S2. The third kappa shape index (κ3) is 3.76. The van der Waals surface area contributed by atoms with E-state index < -0.39 is 0 Å². The first kappa shape index (κ1) is 17.0. The topological polar surface area (TPSA) is 105 Å². The average Bonchev–Trinajstić information content (AvgIpc) is 3.03. The highest BCUT2D eigenvalue weighted by Crippen LogP contribution is 2.33.